The van der Waals surface area contributed by atoms with E-state index in [1.807, 2.05) is 6.92 Å². The van der Waals surface area contributed by atoms with Gasteiger partial charge in [-0.15, -0.1) is 0 Å². The highest BCUT2D eigenvalue weighted by Gasteiger charge is 2.41. The average molecular weight is 204 g/mol. The lowest BCUT2D eigenvalue weighted by Gasteiger charge is -2.41. The van der Waals surface area contributed by atoms with Crippen molar-refractivity contribution >= 4 is 0 Å². The molecule has 0 N–H and O–H groups in total. The van der Waals surface area contributed by atoms with E-state index < -0.39 is 11.6 Å². The molecule has 2 aliphatic heterocycles. The molecule has 0 aromatic carbocycles. The van der Waals surface area contributed by atoms with Crippen LogP contribution in [0.4, 0.5) is 0 Å². The quantitative estimate of drug-likeness (QED) is 0.564. The number of hydrogen-bond donors (Lipinski definition) is 0. The molecule has 2 saturated heterocycles. The first-order chi connectivity index (χ1) is 6.49. The van der Waals surface area contributed by atoms with Crippen LogP contribution in [0.15, 0.2) is 0 Å². The van der Waals surface area contributed by atoms with E-state index in [-0.39, 0.29) is 6.29 Å². The van der Waals surface area contributed by atoms with Gasteiger partial charge in [0.2, 0.25) is 11.6 Å². The Labute approximate surface area is 83.1 Å². The first-order valence-electron chi connectivity index (χ1n) is 4.88. The molecule has 0 aliphatic carbocycles. The zero-order valence-electron chi connectivity index (χ0n) is 8.74. The molecule has 2 atom stereocenters. The summed E-state index contributed by atoms with van der Waals surface area (Å²) in [6.07, 6.45) is 2.21. The highest BCUT2D eigenvalue weighted by molar-refractivity contribution is 4.70. The summed E-state index contributed by atoms with van der Waals surface area (Å²) in [6, 6.07) is 0. The fraction of sp³-hybridized carbons (Fsp3) is 1.00. The summed E-state index contributed by atoms with van der Waals surface area (Å²) in [5, 5.41) is 0. The second-order valence-electron chi connectivity index (χ2n) is 4.32. The lowest BCUT2D eigenvalue weighted by Crippen LogP contribution is -2.47. The van der Waals surface area contributed by atoms with Gasteiger partial charge in [-0.1, -0.05) is 0 Å². The zero-order chi connectivity index (χ0) is 10.2. The van der Waals surface area contributed by atoms with Gasteiger partial charge in [0.05, 0.1) is 0 Å². The number of ether oxygens (including phenoxy) is 1. The summed E-state index contributed by atoms with van der Waals surface area (Å²) in [5.74, 6) is -1.62. The van der Waals surface area contributed by atoms with Gasteiger partial charge in [0.15, 0.2) is 6.29 Å². The standard InChI is InChI=1S/C9H16O5/c1-8(2)12-11-7-5-4-6-9(3,10-7)14-13-8/h7H,4-6H2,1-3H3. The van der Waals surface area contributed by atoms with Crippen LogP contribution in [0.1, 0.15) is 40.0 Å². The van der Waals surface area contributed by atoms with Gasteiger partial charge < -0.3 is 4.74 Å². The first kappa shape index (κ1) is 10.3. The molecule has 2 fully saturated rings. The number of rotatable bonds is 0. The Bertz CT molecular complexity index is 217. The Morgan fingerprint density at radius 3 is 2.64 bits per heavy atom. The number of hydrogen-bond acceptors (Lipinski definition) is 5. The van der Waals surface area contributed by atoms with E-state index in [1.54, 1.807) is 13.8 Å². The zero-order valence-corrected chi connectivity index (χ0v) is 8.74. The summed E-state index contributed by atoms with van der Waals surface area (Å²) in [7, 11) is 0. The Kier molecular flexibility index (Phi) is 2.53. The number of fused-ring (bicyclic) bond motifs is 2. The molecule has 5 nitrogen and oxygen atoms in total. The van der Waals surface area contributed by atoms with Crippen LogP contribution in [0, 0.1) is 0 Å². The lowest BCUT2D eigenvalue weighted by molar-refractivity contribution is -0.604. The third-order valence-corrected chi connectivity index (χ3v) is 2.23. The van der Waals surface area contributed by atoms with Crippen molar-refractivity contribution in [2.45, 2.75) is 57.9 Å². The summed E-state index contributed by atoms with van der Waals surface area (Å²) < 4.78 is 5.51. The van der Waals surface area contributed by atoms with E-state index in [0.29, 0.717) is 0 Å². The molecular weight excluding hydrogens is 188 g/mol. The van der Waals surface area contributed by atoms with Crippen LogP contribution < -0.4 is 0 Å². The molecule has 14 heavy (non-hydrogen) atoms. The summed E-state index contributed by atoms with van der Waals surface area (Å²) in [4.78, 5) is 20.5. The van der Waals surface area contributed by atoms with Gasteiger partial charge in [0.25, 0.3) is 0 Å². The third-order valence-electron chi connectivity index (χ3n) is 2.23. The van der Waals surface area contributed by atoms with Crippen molar-refractivity contribution in [3.05, 3.63) is 0 Å². The molecule has 2 heterocycles. The van der Waals surface area contributed by atoms with Crippen molar-refractivity contribution in [2.24, 2.45) is 0 Å². The van der Waals surface area contributed by atoms with Gasteiger partial charge in [-0.3, -0.25) is 0 Å². The Morgan fingerprint density at radius 1 is 1.07 bits per heavy atom. The van der Waals surface area contributed by atoms with Gasteiger partial charge in [0, 0.05) is 12.8 Å². The van der Waals surface area contributed by atoms with Crippen molar-refractivity contribution < 1.29 is 24.3 Å². The molecule has 2 unspecified atom stereocenters. The topological polar surface area (TPSA) is 46.2 Å². The smallest absolute Gasteiger partial charge is 0.228 e. The Morgan fingerprint density at radius 2 is 1.86 bits per heavy atom. The molecule has 0 spiro atoms. The fourth-order valence-corrected chi connectivity index (χ4v) is 1.49. The summed E-state index contributed by atoms with van der Waals surface area (Å²) in [5.41, 5.74) is 0. The van der Waals surface area contributed by atoms with E-state index >= 15 is 0 Å². The molecule has 0 saturated carbocycles. The molecule has 2 bridgehead atoms. The highest BCUT2D eigenvalue weighted by atomic mass is 17.3. The van der Waals surface area contributed by atoms with Crippen LogP contribution in [0.3, 0.4) is 0 Å². The largest absolute Gasteiger partial charge is 0.315 e. The van der Waals surface area contributed by atoms with Crippen molar-refractivity contribution in [3.8, 4) is 0 Å². The fourth-order valence-electron chi connectivity index (χ4n) is 1.49. The van der Waals surface area contributed by atoms with Crippen LogP contribution >= 0.6 is 0 Å². The van der Waals surface area contributed by atoms with Crippen LogP contribution in [-0.2, 0) is 24.3 Å². The predicted octanol–water partition coefficient (Wildman–Crippen LogP) is 1.88. The van der Waals surface area contributed by atoms with Crippen molar-refractivity contribution in [2.75, 3.05) is 0 Å². The van der Waals surface area contributed by atoms with E-state index in [0.717, 1.165) is 19.3 Å². The maximum Gasteiger partial charge on any atom is 0.228 e. The van der Waals surface area contributed by atoms with E-state index in [4.69, 9.17) is 24.3 Å². The normalized spacial score (nSPS) is 42.6. The van der Waals surface area contributed by atoms with E-state index in [1.165, 1.54) is 0 Å². The minimum absolute atomic E-state index is 0.364. The minimum Gasteiger partial charge on any atom is -0.315 e. The molecule has 2 aliphatic rings. The molecule has 82 valence electrons. The second-order valence-corrected chi connectivity index (χ2v) is 4.32. The molecule has 0 radical (unpaired) electrons. The van der Waals surface area contributed by atoms with Gasteiger partial charge in [-0.05, 0) is 27.2 Å². The molecule has 0 aromatic rings. The molecule has 2 rings (SSSR count). The van der Waals surface area contributed by atoms with Crippen molar-refractivity contribution in [3.63, 3.8) is 0 Å². The van der Waals surface area contributed by atoms with Crippen LogP contribution in [0.2, 0.25) is 0 Å². The molecule has 5 heteroatoms. The first-order valence-corrected chi connectivity index (χ1v) is 4.88. The highest BCUT2D eigenvalue weighted by Crippen LogP contribution is 2.34. The maximum atomic E-state index is 5.51. The lowest BCUT2D eigenvalue weighted by atomic mass is 10.1. The van der Waals surface area contributed by atoms with Crippen LogP contribution in [0.5, 0.6) is 0 Å². The SMILES string of the molecule is CC1(C)OOC2CCCC(C)(OO1)O2. The Hall–Kier alpha value is -0.200. The average Bonchev–Trinajstić information content (AvgIpc) is 2.12. The van der Waals surface area contributed by atoms with Gasteiger partial charge >= 0.3 is 0 Å². The van der Waals surface area contributed by atoms with Crippen LogP contribution in [0.25, 0.3) is 0 Å². The van der Waals surface area contributed by atoms with E-state index in [2.05, 4.69) is 0 Å². The third kappa shape index (κ3) is 2.24. The second kappa shape index (κ2) is 3.43. The molecular formula is C9H16O5. The van der Waals surface area contributed by atoms with Crippen LogP contribution in [-0.4, -0.2) is 17.9 Å². The van der Waals surface area contributed by atoms with Gasteiger partial charge in [0.1, 0.15) is 0 Å². The monoisotopic (exact) mass is 204 g/mol. The Balaban J connectivity index is 2.07. The van der Waals surface area contributed by atoms with Gasteiger partial charge in [-0.25, -0.2) is 4.89 Å². The predicted molar refractivity (Wildman–Crippen MR) is 45.5 cm³/mol. The minimum atomic E-state index is -0.902. The van der Waals surface area contributed by atoms with E-state index in [9.17, 15) is 0 Å². The maximum absolute atomic E-state index is 5.51. The van der Waals surface area contributed by atoms with Gasteiger partial charge in [-0.2, -0.15) is 14.7 Å². The summed E-state index contributed by atoms with van der Waals surface area (Å²) in [6.45, 7) is 5.28. The van der Waals surface area contributed by atoms with Crippen molar-refractivity contribution in [1.82, 2.24) is 0 Å². The molecule has 0 amide bonds. The summed E-state index contributed by atoms with van der Waals surface area (Å²) >= 11 is 0. The molecule has 0 aromatic heterocycles. The van der Waals surface area contributed by atoms with Crippen molar-refractivity contribution in [1.29, 1.82) is 0 Å².